The van der Waals surface area contributed by atoms with E-state index in [1.54, 1.807) is 6.07 Å². The van der Waals surface area contributed by atoms with Crippen molar-refractivity contribution in [3.05, 3.63) is 64.7 Å². The summed E-state index contributed by atoms with van der Waals surface area (Å²) in [6.45, 7) is 6.68. The molecule has 0 unspecified atom stereocenters. The zero-order chi connectivity index (χ0) is 16.8. The van der Waals surface area contributed by atoms with E-state index in [1.807, 2.05) is 37.3 Å². The lowest BCUT2D eigenvalue weighted by Crippen LogP contribution is -2.88. The van der Waals surface area contributed by atoms with Crippen molar-refractivity contribution in [1.29, 1.82) is 0 Å². The molecule has 0 saturated carbocycles. The monoisotopic (exact) mass is 331 g/mol. The molecule has 23 heavy (non-hydrogen) atoms. The van der Waals surface area contributed by atoms with Crippen LogP contribution in [-0.2, 0) is 4.79 Å². The predicted octanol–water partition coefficient (Wildman–Crippen LogP) is 3.55. The van der Waals surface area contributed by atoms with Crippen molar-refractivity contribution in [3.8, 4) is 0 Å². The van der Waals surface area contributed by atoms with Crippen LogP contribution in [0.1, 0.15) is 31.0 Å². The SMILES string of the molecule is Cc1cc(Cl)ccc1NC(=O)C[NH2+][C@@H](c1ccccc1)C(C)C. The number of aryl methyl sites for hydroxylation is 1. The van der Waals surface area contributed by atoms with Crippen molar-refractivity contribution in [2.75, 3.05) is 11.9 Å². The number of halogens is 1. The molecule has 0 aromatic heterocycles. The van der Waals surface area contributed by atoms with Gasteiger partial charge in [-0.1, -0.05) is 55.8 Å². The van der Waals surface area contributed by atoms with Gasteiger partial charge in [-0.25, -0.2) is 0 Å². The Labute approximate surface area is 143 Å². The third-order valence-corrected chi connectivity index (χ3v) is 4.16. The maximum absolute atomic E-state index is 12.2. The standard InChI is InChI=1S/C19H23ClN2O/c1-13(2)19(15-7-5-4-6-8-15)21-12-18(23)22-17-10-9-16(20)11-14(17)3/h4-11,13,19,21H,12H2,1-3H3,(H,22,23)/p+1/t19-/m1/s1. The van der Waals surface area contributed by atoms with Crippen LogP contribution < -0.4 is 10.6 Å². The summed E-state index contributed by atoms with van der Waals surface area (Å²) in [5.74, 6) is 0.444. The highest BCUT2D eigenvalue weighted by Gasteiger charge is 2.20. The normalized spacial score (nSPS) is 12.2. The molecule has 0 aliphatic carbocycles. The highest BCUT2D eigenvalue weighted by Crippen LogP contribution is 2.19. The molecule has 2 aromatic carbocycles. The van der Waals surface area contributed by atoms with E-state index in [-0.39, 0.29) is 11.9 Å². The van der Waals surface area contributed by atoms with E-state index in [2.05, 4.69) is 36.6 Å². The molecular formula is C19H24ClN2O+. The van der Waals surface area contributed by atoms with E-state index in [0.29, 0.717) is 17.5 Å². The zero-order valence-electron chi connectivity index (χ0n) is 13.8. The third kappa shape index (κ3) is 5.08. The second-order valence-corrected chi connectivity index (χ2v) is 6.56. The summed E-state index contributed by atoms with van der Waals surface area (Å²) in [4.78, 5) is 12.2. The number of amides is 1. The molecule has 0 fully saturated rings. The van der Waals surface area contributed by atoms with Gasteiger partial charge in [0.15, 0.2) is 6.54 Å². The molecule has 0 aliphatic rings. The van der Waals surface area contributed by atoms with E-state index in [0.717, 1.165) is 11.3 Å². The molecule has 0 bridgehead atoms. The summed E-state index contributed by atoms with van der Waals surface area (Å²) < 4.78 is 0. The minimum atomic E-state index is -0.00277. The first-order chi connectivity index (χ1) is 11.0. The van der Waals surface area contributed by atoms with Gasteiger partial charge in [0.05, 0.1) is 0 Å². The average Bonchev–Trinajstić information content (AvgIpc) is 2.51. The Morgan fingerprint density at radius 1 is 1.17 bits per heavy atom. The van der Waals surface area contributed by atoms with Gasteiger partial charge < -0.3 is 10.6 Å². The smallest absolute Gasteiger partial charge is 0.279 e. The Balaban J connectivity index is 1.97. The minimum Gasteiger partial charge on any atom is -0.332 e. The number of quaternary nitrogens is 1. The van der Waals surface area contributed by atoms with Gasteiger partial charge in [0, 0.05) is 22.2 Å². The Bertz CT molecular complexity index is 656. The Morgan fingerprint density at radius 2 is 1.87 bits per heavy atom. The van der Waals surface area contributed by atoms with Gasteiger partial charge in [0.2, 0.25) is 0 Å². The van der Waals surface area contributed by atoms with Gasteiger partial charge in [-0.3, -0.25) is 4.79 Å². The van der Waals surface area contributed by atoms with Gasteiger partial charge in [0.1, 0.15) is 6.04 Å². The maximum atomic E-state index is 12.2. The fraction of sp³-hybridized carbons (Fsp3) is 0.316. The number of carbonyl (C=O) groups is 1. The minimum absolute atomic E-state index is 0.00277. The first-order valence-corrected chi connectivity index (χ1v) is 8.29. The van der Waals surface area contributed by atoms with Gasteiger partial charge in [-0.2, -0.15) is 0 Å². The van der Waals surface area contributed by atoms with Crippen LogP contribution >= 0.6 is 11.6 Å². The molecule has 4 heteroatoms. The average molecular weight is 332 g/mol. The van der Waals surface area contributed by atoms with Crippen molar-refractivity contribution in [2.24, 2.45) is 5.92 Å². The lowest BCUT2D eigenvalue weighted by molar-refractivity contribution is -0.692. The van der Waals surface area contributed by atoms with Crippen LogP contribution in [0.5, 0.6) is 0 Å². The van der Waals surface area contributed by atoms with Crippen LogP contribution in [0.4, 0.5) is 5.69 Å². The highest BCUT2D eigenvalue weighted by atomic mass is 35.5. The van der Waals surface area contributed by atoms with Gasteiger partial charge in [-0.05, 0) is 30.7 Å². The molecule has 0 spiro atoms. The van der Waals surface area contributed by atoms with Crippen molar-refractivity contribution < 1.29 is 10.1 Å². The summed E-state index contributed by atoms with van der Waals surface area (Å²) in [6, 6.07) is 16.1. The summed E-state index contributed by atoms with van der Waals surface area (Å²) in [7, 11) is 0. The molecule has 1 amide bonds. The van der Waals surface area contributed by atoms with E-state index >= 15 is 0 Å². The molecule has 122 valence electrons. The Kier molecular flexibility index (Phi) is 6.20. The number of rotatable bonds is 6. The summed E-state index contributed by atoms with van der Waals surface area (Å²) in [6.07, 6.45) is 0. The number of hydrogen-bond acceptors (Lipinski definition) is 1. The zero-order valence-corrected chi connectivity index (χ0v) is 14.6. The summed E-state index contributed by atoms with van der Waals surface area (Å²) in [5.41, 5.74) is 3.03. The quantitative estimate of drug-likeness (QED) is 0.835. The number of anilines is 1. The number of carbonyl (C=O) groups excluding carboxylic acids is 1. The van der Waals surface area contributed by atoms with Crippen molar-refractivity contribution in [2.45, 2.75) is 26.8 Å². The number of nitrogens with two attached hydrogens (primary N) is 1. The first kappa shape index (κ1) is 17.5. The number of benzene rings is 2. The van der Waals surface area contributed by atoms with E-state index in [4.69, 9.17) is 11.6 Å². The Hall–Kier alpha value is -1.84. The molecule has 1 atom stereocenters. The van der Waals surface area contributed by atoms with Crippen LogP contribution in [0.2, 0.25) is 5.02 Å². The number of nitrogens with one attached hydrogen (secondary N) is 1. The molecular weight excluding hydrogens is 308 g/mol. The summed E-state index contributed by atoms with van der Waals surface area (Å²) in [5, 5.41) is 5.73. The molecule has 0 saturated heterocycles. The largest absolute Gasteiger partial charge is 0.332 e. The van der Waals surface area contributed by atoms with Crippen molar-refractivity contribution in [3.63, 3.8) is 0 Å². The van der Waals surface area contributed by atoms with Gasteiger partial charge in [-0.15, -0.1) is 0 Å². The molecule has 0 heterocycles. The lowest BCUT2D eigenvalue weighted by atomic mass is 9.96. The predicted molar refractivity (Wildman–Crippen MR) is 95.6 cm³/mol. The van der Waals surface area contributed by atoms with Crippen molar-refractivity contribution >= 4 is 23.2 Å². The highest BCUT2D eigenvalue weighted by molar-refractivity contribution is 6.30. The van der Waals surface area contributed by atoms with E-state index in [1.165, 1.54) is 5.56 Å². The molecule has 2 rings (SSSR count). The molecule has 0 radical (unpaired) electrons. The van der Waals surface area contributed by atoms with Crippen molar-refractivity contribution in [1.82, 2.24) is 0 Å². The molecule has 2 aromatic rings. The lowest BCUT2D eigenvalue weighted by Gasteiger charge is -2.19. The van der Waals surface area contributed by atoms with E-state index < -0.39 is 0 Å². The molecule has 0 aliphatic heterocycles. The van der Waals surface area contributed by atoms with E-state index in [9.17, 15) is 4.79 Å². The van der Waals surface area contributed by atoms with Crippen LogP contribution in [0.25, 0.3) is 0 Å². The van der Waals surface area contributed by atoms with Gasteiger partial charge in [0.25, 0.3) is 5.91 Å². The third-order valence-electron chi connectivity index (χ3n) is 3.92. The first-order valence-electron chi connectivity index (χ1n) is 7.91. The van der Waals surface area contributed by atoms with Crippen LogP contribution in [0.15, 0.2) is 48.5 Å². The molecule has 3 N–H and O–H groups in total. The molecule has 3 nitrogen and oxygen atoms in total. The summed E-state index contributed by atoms with van der Waals surface area (Å²) >= 11 is 5.94. The fourth-order valence-corrected chi connectivity index (χ4v) is 2.90. The van der Waals surface area contributed by atoms with Gasteiger partial charge >= 0.3 is 0 Å². The van der Waals surface area contributed by atoms with Crippen LogP contribution in [0, 0.1) is 12.8 Å². The van der Waals surface area contributed by atoms with Crippen LogP contribution in [-0.4, -0.2) is 12.5 Å². The number of hydrogen-bond donors (Lipinski definition) is 2. The second kappa shape index (κ2) is 8.14. The fourth-order valence-electron chi connectivity index (χ4n) is 2.67. The van der Waals surface area contributed by atoms with Crippen LogP contribution in [0.3, 0.4) is 0 Å². The second-order valence-electron chi connectivity index (χ2n) is 6.13. The maximum Gasteiger partial charge on any atom is 0.279 e. The topological polar surface area (TPSA) is 45.7 Å². The Morgan fingerprint density at radius 3 is 2.48 bits per heavy atom.